The van der Waals surface area contributed by atoms with Crippen LogP contribution in [0.5, 0.6) is 5.75 Å². The zero-order valence-corrected chi connectivity index (χ0v) is 13.7. The molecule has 0 radical (unpaired) electrons. The molecule has 0 heterocycles. The van der Waals surface area contributed by atoms with Crippen LogP contribution in [0.3, 0.4) is 0 Å². The van der Waals surface area contributed by atoms with Crippen molar-refractivity contribution in [2.45, 2.75) is 6.54 Å². The SMILES string of the molecule is COc1ccc(C#N)cc1CNc1ccc(Cl)cc1I. The van der Waals surface area contributed by atoms with Crippen LogP contribution in [0.2, 0.25) is 5.02 Å². The van der Waals surface area contributed by atoms with E-state index in [-0.39, 0.29) is 0 Å². The van der Waals surface area contributed by atoms with Crippen molar-refractivity contribution in [3.05, 3.63) is 56.1 Å². The maximum atomic E-state index is 8.96. The second kappa shape index (κ2) is 6.82. The molecule has 3 nitrogen and oxygen atoms in total. The fraction of sp³-hybridized carbons (Fsp3) is 0.133. The summed E-state index contributed by atoms with van der Waals surface area (Å²) < 4.78 is 6.36. The van der Waals surface area contributed by atoms with Crippen LogP contribution in [0.25, 0.3) is 0 Å². The molecule has 0 fully saturated rings. The van der Waals surface area contributed by atoms with E-state index in [9.17, 15) is 0 Å². The van der Waals surface area contributed by atoms with Gasteiger partial charge in [0.25, 0.3) is 0 Å². The lowest BCUT2D eigenvalue weighted by Gasteiger charge is -2.12. The minimum absolute atomic E-state index is 0.580. The Balaban J connectivity index is 2.20. The van der Waals surface area contributed by atoms with Crippen molar-refractivity contribution in [2.24, 2.45) is 0 Å². The van der Waals surface area contributed by atoms with Gasteiger partial charge in [0, 0.05) is 26.4 Å². The number of benzene rings is 2. The molecule has 0 saturated heterocycles. The summed E-state index contributed by atoms with van der Waals surface area (Å²) in [6, 6.07) is 13.2. The van der Waals surface area contributed by atoms with Crippen LogP contribution in [-0.2, 0) is 6.54 Å². The molecule has 0 aliphatic rings. The average molecular weight is 399 g/mol. The lowest BCUT2D eigenvalue weighted by atomic mass is 10.1. The van der Waals surface area contributed by atoms with Gasteiger partial charge >= 0.3 is 0 Å². The van der Waals surface area contributed by atoms with Crippen molar-refractivity contribution >= 4 is 39.9 Å². The Morgan fingerprint density at radius 2 is 2.10 bits per heavy atom. The zero-order chi connectivity index (χ0) is 14.5. The van der Waals surface area contributed by atoms with Gasteiger partial charge in [0.2, 0.25) is 0 Å². The van der Waals surface area contributed by atoms with Crippen LogP contribution < -0.4 is 10.1 Å². The number of methoxy groups -OCH3 is 1. The third kappa shape index (κ3) is 3.56. The monoisotopic (exact) mass is 398 g/mol. The first-order chi connectivity index (χ1) is 9.63. The average Bonchev–Trinajstić information content (AvgIpc) is 2.46. The highest BCUT2D eigenvalue weighted by molar-refractivity contribution is 14.1. The number of hydrogen-bond donors (Lipinski definition) is 1. The Labute approximate surface area is 136 Å². The Bertz CT molecular complexity index is 667. The summed E-state index contributed by atoms with van der Waals surface area (Å²) in [6.07, 6.45) is 0. The van der Waals surface area contributed by atoms with E-state index in [1.165, 1.54) is 0 Å². The predicted molar refractivity (Wildman–Crippen MR) is 89.2 cm³/mol. The maximum absolute atomic E-state index is 8.96. The Kier molecular flexibility index (Phi) is 5.10. The molecule has 2 aromatic rings. The van der Waals surface area contributed by atoms with E-state index in [1.807, 2.05) is 30.3 Å². The van der Waals surface area contributed by atoms with Crippen LogP contribution in [-0.4, -0.2) is 7.11 Å². The number of nitriles is 1. The van der Waals surface area contributed by atoms with E-state index in [2.05, 4.69) is 34.0 Å². The molecule has 0 saturated carbocycles. The first-order valence-corrected chi connectivity index (χ1v) is 7.35. The highest BCUT2D eigenvalue weighted by Gasteiger charge is 2.06. The molecule has 2 rings (SSSR count). The van der Waals surface area contributed by atoms with Gasteiger partial charge in [-0.1, -0.05) is 11.6 Å². The second-order valence-corrected chi connectivity index (χ2v) is 5.71. The van der Waals surface area contributed by atoms with Gasteiger partial charge in [0.1, 0.15) is 5.75 Å². The van der Waals surface area contributed by atoms with Gasteiger partial charge in [-0.05, 0) is 59.0 Å². The number of hydrogen-bond acceptors (Lipinski definition) is 3. The Morgan fingerprint density at radius 3 is 2.75 bits per heavy atom. The Hall–Kier alpha value is -1.45. The van der Waals surface area contributed by atoms with Gasteiger partial charge in [-0.2, -0.15) is 5.26 Å². The van der Waals surface area contributed by atoms with Gasteiger partial charge in [-0.15, -0.1) is 0 Å². The van der Waals surface area contributed by atoms with E-state index >= 15 is 0 Å². The van der Waals surface area contributed by atoms with Crippen LogP contribution in [0.4, 0.5) is 5.69 Å². The number of nitrogens with one attached hydrogen (secondary N) is 1. The van der Waals surface area contributed by atoms with Gasteiger partial charge in [-0.3, -0.25) is 0 Å². The van der Waals surface area contributed by atoms with Crippen molar-refractivity contribution in [1.29, 1.82) is 5.26 Å². The molecule has 0 aromatic heterocycles. The highest BCUT2D eigenvalue weighted by Crippen LogP contribution is 2.25. The molecule has 0 bridgehead atoms. The molecular formula is C15H12ClIN2O. The topological polar surface area (TPSA) is 45.0 Å². The number of nitrogens with zero attached hydrogens (tertiary/aromatic N) is 1. The quantitative estimate of drug-likeness (QED) is 0.775. The van der Waals surface area contributed by atoms with Crippen LogP contribution in [0.1, 0.15) is 11.1 Å². The fourth-order valence-electron chi connectivity index (χ4n) is 1.81. The lowest BCUT2D eigenvalue weighted by molar-refractivity contribution is 0.410. The summed E-state index contributed by atoms with van der Waals surface area (Å²) in [7, 11) is 1.62. The van der Waals surface area contributed by atoms with Crippen molar-refractivity contribution in [3.8, 4) is 11.8 Å². The largest absolute Gasteiger partial charge is 0.496 e. The minimum atomic E-state index is 0.580. The molecule has 0 unspecified atom stereocenters. The molecule has 20 heavy (non-hydrogen) atoms. The summed E-state index contributed by atoms with van der Waals surface area (Å²) in [5.74, 6) is 0.764. The third-order valence-electron chi connectivity index (χ3n) is 2.81. The van der Waals surface area contributed by atoms with Crippen molar-refractivity contribution in [1.82, 2.24) is 0 Å². The van der Waals surface area contributed by atoms with Crippen LogP contribution in [0.15, 0.2) is 36.4 Å². The number of rotatable bonds is 4. The number of halogens is 2. The summed E-state index contributed by atoms with van der Waals surface area (Å²) in [6.45, 7) is 0.580. The molecule has 5 heteroatoms. The van der Waals surface area contributed by atoms with Gasteiger partial charge in [0.15, 0.2) is 0 Å². The standard InChI is InChI=1S/C15H12ClIN2O/c1-20-15-5-2-10(8-18)6-11(15)9-19-14-4-3-12(16)7-13(14)17/h2-7,19H,9H2,1H3. The maximum Gasteiger partial charge on any atom is 0.123 e. The van der Waals surface area contributed by atoms with Crippen molar-refractivity contribution in [3.63, 3.8) is 0 Å². The number of ether oxygens (including phenoxy) is 1. The van der Waals surface area contributed by atoms with E-state index < -0.39 is 0 Å². The van der Waals surface area contributed by atoms with E-state index in [1.54, 1.807) is 13.2 Å². The van der Waals surface area contributed by atoms with Gasteiger partial charge in [-0.25, -0.2) is 0 Å². The molecule has 0 atom stereocenters. The van der Waals surface area contributed by atoms with Crippen LogP contribution in [0, 0.1) is 14.9 Å². The Morgan fingerprint density at radius 1 is 1.30 bits per heavy atom. The summed E-state index contributed by atoms with van der Waals surface area (Å²) in [4.78, 5) is 0. The fourth-order valence-corrected chi connectivity index (χ4v) is 2.87. The highest BCUT2D eigenvalue weighted by atomic mass is 127. The molecule has 102 valence electrons. The first-order valence-electron chi connectivity index (χ1n) is 5.90. The lowest BCUT2D eigenvalue weighted by Crippen LogP contribution is -2.03. The second-order valence-electron chi connectivity index (χ2n) is 4.12. The molecule has 2 aromatic carbocycles. The molecule has 1 N–H and O–H groups in total. The van der Waals surface area contributed by atoms with Crippen molar-refractivity contribution < 1.29 is 4.74 Å². The third-order valence-corrected chi connectivity index (χ3v) is 3.94. The van der Waals surface area contributed by atoms with E-state index in [4.69, 9.17) is 21.6 Å². The minimum Gasteiger partial charge on any atom is -0.496 e. The van der Waals surface area contributed by atoms with Gasteiger partial charge < -0.3 is 10.1 Å². The molecular weight excluding hydrogens is 387 g/mol. The van der Waals surface area contributed by atoms with E-state index in [0.29, 0.717) is 17.1 Å². The molecule has 0 aliphatic carbocycles. The van der Waals surface area contributed by atoms with E-state index in [0.717, 1.165) is 20.6 Å². The molecule has 0 aliphatic heterocycles. The molecule has 0 spiro atoms. The zero-order valence-electron chi connectivity index (χ0n) is 10.8. The normalized spacial score (nSPS) is 9.90. The van der Waals surface area contributed by atoms with Gasteiger partial charge in [0.05, 0.1) is 18.7 Å². The molecule has 0 amide bonds. The van der Waals surface area contributed by atoms with Crippen molar-refractivity contribution in [2.75, 3.05) is 12.4 Å². The summed E-state index contributed by atoms with van der Waals surface area (Å²) >= 11 is 8.16. The first kappa shape index (κ1) is 14.9. The summed E-state index contributed by atoms with van der Waals surface area (Å²) in [5, 5.41) is 13.0. The summed E-state index contributed by atoms with van der Waals surface area (Å²) in [5.41, 5.74) is 2.56. The number of anilines is 1. The van der Waals surface area contributed by atoms with Crippen LogP contribution >= 0.6 is 34.2 Å². The smallest absolute Gasteiger partial charge is 0.123 e. The predicted octanol–water partition coefficient (Wildman–Crippen LogP) is 4.44.